The first-order valence-corrected chi connectivity index (χ1v) is 7.44. The van der Waals surface area contributed by atoms with Crippen molar-refractivity contribution in [1.29, 1.82) is 0 Å². The smallest absolute Gasteiger partial charge is 0.146 e. The van der Waals surface area contributed by atoms with Gasteiger partial charge in [-0.25, -0.2) is 4.39 Å². The first-order chi connectivity index (χ1) is 9.27. The topological polar surface area (TPSA) is 15.3 Å². The molecular weight excluding hydrogens is 239 g/mol. The van der Waals surface area contributed by atoms with Crippen molar-refractivity contribution in [2.45, 2.75) is 32.1 Å². The number of nitrogens with one attached hydrogen (secondary N) is 1. The molecule has 1 N–H and O–H groups in total. The Labute approximate surface area is 116 Å². The zero-order valence-electron chi connectivity index (χ0n) is 11.9. The molecule has 0 amide bonds. The van der Waals surface area contributed by atoms with Crippen LogP contribution in [0, 0.1) is 11.7 Å². The van der Waals surface area contributed by atoms with E-state index in [4.69, 9.17) is 0 Å². The molecule has 0 unspecified atom stereocenters. The van der Waals surface area contributed by atoms with E-state index in [0.717, 1.165) is 25.6 Å². The quantitative estimate of drug-likeness (QED) is 0.792. The predicted octanol–water partition coefficient (Wildman–Crippen LogP) is 3.43. The fourth-order valence-electron chi connectivity index (χ4n) is 2.83. The van der Waals surface area contributed by atoms with Crippen LogP contribution in [0.15, 0.2) is 24.3 Å². The third kappa shape index (κ3) is 4.50. The van der Waals surface area contributed by atoms with E-state index < -0.39 is 0 Å². The van der Waals surface area contributed by atoms with Crippen LogP contribution in [0.25, 0.3) is 0 Å². The number of para-hydroxylation sites is 1. The maximum atomic E-state index is 13.6. The van der Waals surface area contributed by atoms with Crippen LogP contribution in [0.3, 0.4) is 0 Å². The Hall–Kier alpha value is -1.09. The molecule has 0 spiro atoms. The van der Waals surface area contributed by atoms with E-state index >= 15 is 0 Å². The molecule has 0 heterocycles. The second kappa shape index (κ2) is 7.49. The molecule has 2 nitrogen and oxygen atoms in total. The minimum atomic E-state index is -0.141. The Morgan fingerprint density at radius 1 is 1.21 bits per heavy atom. The highest BCUT2D eigenvalue weighted by Gasteiger charge is 2.12. The Bertz CT molecular complexity index is 375. The zero-order valence-corrected chi connectivity index (χ0v) is 11.9. The summed E-state index contributed by atoms with van der Waals surface area (Å²) in [7, 11) is 1.95. The fraction of sp³-hybridized carbons (Fsp3) is 0.625. The standard InChI is InChI=1S/C16H25FN2/c1-19(16-10-6-5-9-15(16)17)12-11-18-13-14-7-3-2-4-8-14/h5-6,9-10,14,18H,2-4,7-8,11-13H2,1H3. The highest BCUT2D eigenvalue weighted by molar-refractivity contribution is 5.46. The van der Waals surface area contributed by atoms with E-state index in [1.54, 1.807) is 6.07 Å². The third-order valence-corrected chi connectivity index (χ3v) is 4.05. The summed E-state index contributed by atoms with van der Waals surface area (Å²) in [6.07, 6.45) is 6.93. The first kappa shape index (κ1) is 14.3. The molecule has 1 aliphatic rings. The van der Waals surface area contributed by atoms with Crippen LogP contribution >= 0.6 is 0 Å². The number of rotatable bonds is 6. The summed E-state index contributed by atoms with van der Waals surface area (Å²) >= 11 is 0. The van der Waals surface area contributed by atoms with Gasteiger partial charge < -0.3 is 10.2 Å². The maximum Gasteiger partial charge on any atom is 0.146 e. The number of nitrogens with zero attached hydrogens (tertiary/aromatic N) is 1. The molecule has 1 aromatic carbocycles. The van der Waals surface area contributed by atoms with Gasteiger partial charge in [-0.2, -0.15) is 0 Å². The van der Waals surface area contributed by atoms with E-state index in [1.165, 1.54) is 38.2 Å². The van der Waals surface area contributed by atoms with E-state index in [9.17, 15) is 4.39 Å². The van der Waals surface area contributed by atoms with Gasteiger partial charge in [-0.05, 0) is 37.4 Å². The Kier molecular flexibility index (Phi) is 5.64. The predicted molar refractivity (Wildman–Crippen MR) is 79.1 cm³/mol. The zero-order chi connectivity index (χ0) is 13.5. The van der Waals surface area contributed by atoms with Crippen LogP contribution in [-0.4, -0.2) is 26.7 Å². The SMILES string of the molecule is CN(CCNCC1CCCCC1)c1ccccc1F. The lowest BCUT2D eigenvalue weighted by atomic mass is 9.89. The van der Waals surface area contributed by atoms with Gasteiger partial charge in [0.2, 0.25) is 0 Å². The molecular formula is C16H25FN2. The molecule has 0 atom stereocenters. The lowest BCUT2D eigenvalue weighted by Gasteiger charge is -2.23. The van der Waals surface area contributed by atoms with Gasteiger partial charge in [0.05, 0.1) is 5.69 Å². The van der Waals surface area contributed by atoms with Gasteiger partial charge in [-0.3, -0.25) is 0 Å². The van der Waals surface area contributed by atoms with Gasteiger partial charge in [-0.1, -0.05) is 31.4 Å². The summed E-state index contributed by atoms with van der Waals surface area (Å²) < 4.78 is 13.6. The molecule has 1 aliphatic carbocycles. The molecule has 1 saturated carbocycles. The van der Waals surface area contributed by atoms with Gasteiger partial charge in [0.1, 0.15) is 5.82 Å². The van der Waals surface area contributed by atoms with Gasteiger partial charge in [0.15, 0.2) is 0 Å². The Balaban J connectivity index is 1.66. The van der Waals surface area contributed by atoms with E-state index in [2.05, 4.69) is 5.32 Å². The van der Waals surface area contributed by atoms with Gasteiger partial charge in [0, 0.05) is 20.1 Å². The van der Waals surface area contributed by atoms with E-state index in [1.807, 2.05) is 24.1 Å². The molecule has 106 valence electrons. The summed E-state index contributed by atoms with van der Waals surface area (Å²) in [6, 6.07) is 6.95. The van der Waals surface area contributed by atoms with E-state index in [-0.39, 0.29) is 5.82 Å². The number of likely N-dealkylation sites (N-methyl/N-ethyl adjacent to an activating group) is 1. The van der Waals surface area contributed by atoms with Crippen molar-refractivity contribution in [2.75, 3.05) is 31.6 Å². The minimum absolute atomic E-state index is 0.141. The molecule has 0 radical (unpaired) electrons. The van der Waals surface area contributed by atoms with Crippen molar-refractivity contribution in [2.24, 2.45) is 5.92 Å². The summed E-state index contributed by atoms with van der Waals surface area (Å²) in [5, 5.41) is 3.51. The molecule has 1 fully saturated rings. The average Bonchev–Trinajstić information content (AvgIpc) is 2.45. The van der Waals surface area contributed by atoms with Crippen molar-refractivity contribution in [3.63, 3.8) is 0 Å². The van der Waals surface area contributed by atoms with Crippen molar-refractivity contribution in [3.05, 3.63) is 30.1 Å². The number of hydrogen-bond acceptors (Lipinski definition) is 2. The highest BCUT2D eigenvalue weighted by Crippen LogP contribution is 2.22. The second-order valence-corrected chi connectivity index (χ2v) is 5.58. The fourth-order valence-corrected chi connectivity index (χ4v) is 2.83. The largest absolute Gasteiger partial charge is 0.371 e. The molecule has 0 aromatic heterocycles. The summed E-state index contributed by atoms with van der Waals surface area (Å²) in [6.45, 7) is 2.88. The minimum Gasteiger partial charge on any atom is -0.371 e. The van der Waals surface area contributed by atoms with Gasteiger partial charge in [-0.15, -0.1) is 0 Å². The van der Waals surface area contributed by atoms with Crippen LogP contribution in [-0.2, 0) is 0 Å². The van der Waals surface area contributed by atoms with Gasteiger partial charge in [0.25, 0.3) is 0 Å². The number of benzene rings is 1. The number of halogens is 1. The van der Waals surface area contributed by atoms with Crippen molar-refractivity contribution in [3.8, 4) is 0 Å². The molecule has 19 heavy (non-hydrogen) atoms. The monoisotopic (exact) mass is 264 g/mol. The number of anilines is 1. The van der Waals surface area contributed by atoms with Gasteiger partial charge >= 0.3 is 0 Å². The lowest BCUT2D eigenvalue weighted by Crippen LogP contribution is -2.32. The molecule has 2 rings (SSSR count). The molecule has 3 heteroatoms. The second-order valence-electron chi connectivity index (χ2n) is 5.58. The van der Waals surface area contributed by atoms with E-state index in [0.29, 0.717) is 5.69 Å². The average molecular weight is 264 g/mol. The van der Waals surface area contributed by atoms with Crippen LogP contribution in [0.2, 0.25) is 0 Å². The summed E-state index contributed by atoms with van der Waals surface area (Å²) in [5.41, 5.74) is 0.682. The van der Waals surface area contributed by atoms with Crippen molar-refractivity contribution >= 4 is 5.69 Å². The summed E-state index contributed by atoms with van der Waals surface area (Å²) in [5.74, 6) is 0.713. The molecule has 1 aromatic rings. The van der Waals surface area contributed by atoms with Crippen LogP contribution in [0.5, 0.6) is 0 Å². The Morgan fingerprint density at radius 2 is 1.95 bits per heavy atom. The number of hydrogen-bond donors (Lipinski definition) is 1. The molecule has 0 aliphatic heterocycles. The first-order valence-electron chi connectivity index (χ1n) is 7.44. The molecule has 0 saturated heterocycles. The third-order valence-electron chi connectivity index (χ3n) is 4.05. The van der Waals surface area contributed by atoms with Crippen LogP contribution in [0.1, 0.15) is 32.1 Å². The normalized spacial score (nSPS) is 16.5. The maximum absolute atomic E-state index is 13.6. The van der Waals surface area contributed by atoms with Crippen molar-refractivity contribution in [1.82, 2.24) is 5.32 Å². The molecule has 0 bridgehead atoms. The summed E-state index contributed by atoms with van der Waals surface area (Å²) in [4.78, 5) is 1.98. The van der Waals surface area contributed by atoms with Crippen LogP contribution in [0.4, 0.5) is 10.1 Å². The highest BCUT2D eigenvalue weighted by atomic mass is 19.1. The lowest BCUT2D eigenvalue weighted by molar-refractivity contribution is 0.343. The Morgan fingerprint density at radius 3 is 2.68 bits per heavy atom. The van der Waals surface area contributed by atoms with Crippen LogP contribution < -0.4 is 10.2 Å². The van der Waals surface area contributed by atoms with Crippen molar-refractivity contribution < 1.29 is 4.39 Å².